The zero-order valence-electron chi connectivity index (χ0n) is 13.3. The van der Waals surface area contributed by atoms with Gasteiger partial charge in [0.15, 0.2) is 5.78 Å². The molecule has 1 heterocycles. The summed E-state index contributed by atoms with van der Waals surface area (Å²) in [6.07, 6.45) is 0. The van der Waals surface area contributed by atoms with Crippen LogP contribution in [0.4, 0.5) is 0 Å². The summed E-state index contributed by atoms with van der Waals surface area (Å²) in [5, 5.41) is 0. The number of carbonyl (C=O) groups excluding carboxylic acids is 1. The molecule has 0 bridgehead atoms. The van der Waals surface area contributed by atoms with Gasteiger partial charge in [0.05, 0.1) is 17.9 Å². The molecule has 0 aliphatic heterocycles. The molecule has 2 aromatic carbocycles. The molecule has 0 spiro atoms. The highest BCUT2D eigenvalue weighted by Crippen LogP contribution is 2.40. The minimum Gasteiger partial charge on any atom is -0.479 e. The summed E-state index contributed by atoms with van der Waals surface area (Å²) in [5.41, 5.74) is 4.44. The summed E-state index contributed by atoms with van der Waals surface area (Å²) >= 11 is 0. The summed E-state index contributed by atoms with van der Waals surface area (Å²) in [5.74, 6) is 0.531. The standard InChI is InChI=1S/C20H19NO2/c1-3-23-20-17(14(2)22)18(15-10-6-4-7-11-15)19(21-20)16-12-8-5-9-13-16/h4-13,21H,3H2,1-2H3. The summed E-state index contributed by atoms with van der Waals surface area (Å²) < 4.78 is 5.69. The minimum absolute atomic E-state index is 0.00858. The lowest BCUT2D eigenvalue weighted by atomic mass is 9.96. The smallest absolute Gasteiger partial charge is 0.203 e. The molecule has 3 heteroatoms. The van der Waals surface area contributed by atoms with Crippen LogP contribution in [0.3, 0.4) is 0 Å². The normalized spacial score (nSPS) is 10.5. The first-order valence-electron chi connectivity index (χ1n) is 7.73. The van der Waals surface area contributed by atoms with Crippen molar-refractivity contribution in [2.45, 2.75) is 13.8 Å². The molecule has 116 valence electrons. The number of aromatic amines is 1. The number of H-pyrrole nitrogens is 1. The van der Waals surface area contributed by atoms with E-state index in [9.17, 15) is 4.79 Å². The van der Waals surface area contributed by atoms with Crippen molar-refractivity contribution >= 4 is 5.78 Å². The number of nitrogens with one attached hydrogen (secondary N) is 1. The molecule has 1 aromatic heterocycles. The van der Waals surface area contributed by atoms with Gasteiger partial charge in [0, 0.05) is 5.56 Å². The van der Waals surface area contributed by atoms with E-state index < -0.39 is 0 Å². The first-order chi connectivity index (χ1) is 11.2. The highest BCUT2D eigenvalue weighted by Gasteiger charge is 2.23. The molecule has 3 nitrogen and oxygen atoms in total. The Kier molecular flexibility index (Phi) is 4.29. The minimum atomic E-state index is -0.00858. The molecule has 0 radical (unpaired) electrons. The average Bonchev–Trinajstić information content (AvgIpc) is 2.96. The van der Waals surface area contributed by atoms with Gasteiger partial charge in [0.1, 0.15) is 0 Å². The largest absolute Gasteiger partial charge is 0.479 e. The van der Waals surface area contributed by atoms with Crippen LogP contribution in [0.15, 0.2) is 60.7 Å². The second-order valence-corrected chi connectivity index (χ2v) is 5.30. The van der Waals surface area contributed by atoms with E-state index in [1.54, 1.807) is 6.92 Å². The van der Waals surface area contributed by atoms with Crippen molar-refractivity contribution in [2.75, 3.05) is 6.61 Å². The first-order valence-corrected chi connectivity index (χ1v) is 7.73. The Balaban J connectivity index is 2.31. The molecule has 0 aliphatic rings. The van der Waals surface area contributed by atoms with Crippen LogP contribution in [-0.2, 0) is 0 Å². The lowest BCUT2D eigenvalue weighted by molar-refractivity contribution is 0.101. The average molecular weight is 305 g/mol. The highest BCUT2D eigenvalue weighted by molar-refractivity contribution is 6.07. The Bertz CT molecular complexity index is 804. The van der Waals surface area contributed by atoms with Crippen molar-refractivity contribution in [3.8, 4) is 28.3 Å². The number of rotatable bonds is 5. The van der Waals surface area contributed by atoms with Gasteiger partial charge in [-0.1, -0.05) is 60.7 Å². The van der Waals surface area contributed by atoms with E-state index in [2.05, 4.69) is 4.98 Å². The van der Waals surface area contributed by atoms with Crippen molar-refractivity contribution in [1.29, 1.82) is 0 Å². The van der Waals surface area contributed by atoms with Crippen molar-refractivity contribution in [2.24, 2.45) is 0 Å². The number of aromatic nitrogens is 1. The van der Waals surface area contributed by atoms with E-state index >= 15 is 0 Å². The zero-order valence-corrected chi connectivity index (χ0v) is 13.3. The molecular formula is C20H19NO2. The summed E-state index contributed by atoms with van der Waals surface area (Å²) in [6, 6.07) is 19.9. The second-order valence-electron chi connectivity index (χ2n) is 5.30. The monoisotopic (exact) mass is 305 g/mol. The van der Waals surface area contributed by atoms with Crippen LogP contribution < -0.4 is 4.74 Å². The topological polar surface area (TPSA) is 42.1 Å². The van der Waals surface area contributed by atoms with E-state index in [0.29, 0.717) is 18.1 Å². The van der Waals surface area contributed by atoms with Gasteiger partial charge in [0.25, 0.3) is 0 Å². The van der Waals surface area contributed by atoms with Gasteiger partial charge in [0.2, 0.25) is 5.88 Å². The van der Waals surface area contributed by atoms with Crippen molar-refractivity contribution in [1.82, 2.24) is 4.98 Å². The third-order valence-corrected chi connectivity index (χ3v) is 3.73. The molecular weight excluding hydrogens is 286 g/mol. The van der Waals surface area contributed by atoms with Crippen LogP contribution in [-0.4, -0.2) is 17.4 Å². The number of ketones is 1. The summed E-state index contributed by atoms with van der Waals surface area (Å²) in [7, 11) is 0. The maximum absolute atomic E-state index is 12.3. The van der Waals surface area contributed by atoms with Crippen molar-refractivity contribution < 1.29 is 9.53 Å². The van der Waals surface area contributed by atoms with Gasteiger partial charge in [-0.15, -0.1) is 0 Å². The lowest BCUT2D eigenvalue weighted by Gasteiger charge is -2.07. The molecule has 0 saturated heterocycles. The lowest BCUT2D eigenvalue weighted by Crippen LogP contribution is -1.99. The Hall–Kier alpha value is -2.81. The van der Waals surface area contributed by atoms with Gasteiger partial charge in [-0.2, -0.15) is 0 Å². The molecule has 1 N–H and O–H groups in total. The SMILES string of the molecule is CCOc1[nH]c(-c2ccccc2)c(-c2ccccc2)c1C(C)=O. The molecule has 23 heavy (non-hydrogen) atoms. The predicted octanol–water partition coefficient (Wildman–Crippen LogP) is 4.95. The predicted molar refractivity (Wildman–Crippen MR) is 92.8 cm³/mol. The third-order valence-electron chi connectivity index (χ3n) is 3.73. The molecule has 0 atom stereocenters. The quantitative estimate of drug-likeness (QED) is 0.678. The maximum atomic E-state index is 12.3. The van der Waals surface area contributed by atoms with Crippen LogP contribution in [0.25, 0.3) is 22.4 Å². The van der Waals surface area contributed by atoms with E-state index in [4.69, 9.17) is 4.74 Å². The van der Waals surface area contributed by atoms with Crippen molar-refractivity contribution in [3.63, 3.8) is 0 Å². The Morgan fingerprint density at radius 2 is 1.52 bits per heavy atom. The fraction of sp³-hybridized carbons (Fsp3) is 0.150. The van der Waals surface area contributed by atoms with E-state index in [-0.39, 0.29) is 5.78 Å². The molecule has 0 amide bonds. The van der Waals surface area contributed by atoms with E-state index in [1.165, 1.54) is 0 Å². The number of hydrogen-bond donors (Lipinski definition) is 1. The molecule has 3 aromatic rings. The van der Waals surface area contributed by atoms with Crippen molar-refractivity contribution in [3.05, 3.63) is 66.2 Å². The van der Waals surface area contributed by atoms with Gasteiger partial charge in [-0.25, -0.2) is 0 Å². The Labute approximate surface area is 135 Å². The van der Waals surface area contributed by atoms with Crippen LogP contribution >= 0.6 is 0 Å². The number of benzene rings is 2. The number of hydrogen-bond acceptors (Lipinski definition) is 2. The van der Waals surface area contributed by atoms with Gasteiger partial charge < -0.3 is 9.72 Å². The van der Waals surface area contributed by atoms with Gasteiger partial charge >= 0.3 is 0 Å². The van der Waals surface area contributed by atoms with Crippen LogP contribution in [0.2, 0.25) is 0 Å². The zero-order chi connectivity index (χ0) is 16.2. The van der Waals surface area contributed by atoms with Crippen LogP contribution in [0, 0.1) is 0 Å². The first kappa shape index (κ1) is 15.1. The third kappa shape index (κ3) is 2.90. The number of ether oxygens (including phenoxy) is 1. The number of carbonyl (C=O) groups is 1. The highest BCUT2D eigenvalue weighted by atomic mass is 16.5. The molecule has 3 rings (SSSR count). The van der Waals surface area contributed by atoms with Crippen LogP contribution in [0.5, 0.6) is 5.88 Å². The van der Waals surface area contributed by atoms with Gasteiger partial charge in [-0.3, -0.25) is 4.79 Å². The van der Waals surface area contributed by atoms with E-state index in [0.717, 1.165) is 22.4 Å². The summed E-state index contributed by atoms with van der Waals surface area (Å²) in [6.45, 7) is 3.99. The van der Waals surface area contributed by atoms with Gasteiger partial charge in [-0.05, 0) is 25.0 Å². The maximum Gasteiger partial charge on any atom is 0.203 e. The second kappa shape index (κ2) is 6.53. The fourth-order valence-electron chi connectivity index (χ4n) is 2.78. The fourth-order valence-corrected chi connectivity index (χ4v) is 2.78. The van der Waals surface area contributed by atoms with Crippen LogP contribution in [0.1, 0.15) is 24.2 Å². The molecule has 0 aliphatic carbocycles. The Morgan fingerprint density at radius 1 is 0.957 bits per heavy atom. The van der Waals surface area contributed by atoms with E-state index in [1.807, 2.05) is 67.6 Å². The Morgan fingerprint density at radius 3 is 2.04 bits per heavy atom. The molecule has 0 saturated carbocycles. The number of Topliss-reactive ketones (excluding diaryl/α,β-unsaturated/α-hetero) is 1. The molecule has 0 fully saturated rings. The summed E-state index contributed by atoms with van der Waals surface area (Å²) in [4.78, 5) is 15.6. The molecule has 0 unspecified atom stereocenters.